The Kier molecular flexibility index (Phi) is 6.46. The summed E-state index contributed by atoms with van der Waals surface area (Å²) in [5, 5.41) is 3.07. The average molecular weight is 413 g/mol. The fraction of sp³-hybridized carbons (Fsp3) is 0.0909. The first-order valence-corrected chi connectivity index (χ1v) is 9.14. The highest BCUT2D eigenvalue weighted by molar-refractivity contribution is 6.33. The lowest BCUT2D eigenvalue weighted by Gasteiger charge is -2.15. The predicted molar refractivity (Wildman–Crippen MR) is 111 cm³/mol. The van der Waals surface area contributed by atoms with Gasteiger partial charge in [0.2, 0.25) is 11.8 Å². The molecule has 2 aromatic carbocycles. The van der Waals surface area contributed by atoms with Gasteiger partial charge in [0.25, 0.3) is 0 Å². The van der Waals surface area contributed by atoms with Crippen molar-refractivity contribution >= 4 is 35.2 Å². The van der Waals surface area contributed by atoms with Crippen LogP contribution in [0.2, 0.25) is 5.02 Å². The third-order valence-electron chi connectivity index (χ3n) is 4.06. The lowest BCUT2D eigenvalue weighted by atomic mass is 10.1. The van der Waals surface area contributed by atoms with Crippen LogP contribution in [0.3, 0.4) is 0 Å². The molecular formula is C22H18ClFN2O3. The standard InChI is InChI=1S/C22H18ClFN2O3/c1-26(14-21(27)25-19-9-5-3-7-17(19)23)22(28)13-11-15-10-12-20(29-15)16-6-2-4-8-18(16)24/h2-13H,14H2,1H3,(H,25,27)/b13-11+. The maximum Gasteiger partial charge on any atom is 0.246 e. The van der Waals surface area contributed by atoms with E-state index in [1.807, 2.05) is 0 Å². The fourth-order valence-electron chi connectivity index (χ4n) is 2.57. The van der Waals surface area contributed by atoms with E-state index >= 15 is 0 Å². The molecule has 1 aromatic heterocycles. The number of para-hydroxylation sites is 1. The Bertz CT molecular complexity index is 1060. The van der Waals surface area contributed by atoms with Gasteiger partial charge in [-0.05, 0) is 42.5 Å². The fourth-order valence-corrected chi connectivity index (χ4v) is 2.76. The van der Waals surface area contributed by atoms with Gasteiger partial charge in [-0.3, -0.25) is 9.59 Å². The zero-order valence-electron chi connectivity index (χ0n) is 15.6. The summed E-state index contributed by atoms with van der Waals surface area (Å²) in [4.78, 5) is 25.6. The Morgan fingerprint density at radius 2 is 1.83 bits per heavy atom. The van der Waals surface area contributed by atoms with E-state index < -0.39 is 5.82 Å². The molecule has 0 aliphatic carbocycles. The first-order valence-electron chi connectivity index (χ1n) is 8.76. The van der Waals surface area contributed by atoms with Crippen LogP contribution < -0.4 is 5.32 Å². The van der Waals surface area contributed by atoms with E-state index in [9.17, 15) is 14.0 Å². The highest BCUT2D eigenvalue weighted by Crippen LogP contribution is 2.25. The number of benzene rings is 2. The number of likely N-dealkylation sites (N-methyl/N-ethyl adjacent to an activating group) is 1. The molecule has 0 bridgehead atoms. The van der Waals surface area contributed by atoms with Crippen LogP contribution in [0.1, 0.15) is 5.76 Å². The zero-order valence-corrected chi connectivity index (χ0v) is 16.3. The van der Waals surface area contributed by atoms with Gasteiger partial charge in [0.15, 0.2) is 0 Å². The van der Waals surface area contributed by atoms with Crippen molar-refractivity contribution in [2.45, 2.75) is 0 Å². The van der Waals surface area contributed by atoms with Crippen molar-refractivity contribution in [1.29, 1.82) is 0 Å². The molecule has 0 saturated heterocycles. The predicted octanol–water partition coefficient (Wildman–Crippen LogP) is 4.85. The van der Waals surface area contributed by atoms with Crippen LogP contribution in [0.15, 0.2) is 71.2 Å². The van der Waals surface area contributed by atoms with Crippen LogP contribution in [-0.4, -0.2) is 30.3 Å². The number of nitrogens with zero attached hydrogens (tertiary/aromatic N) is 1. The summed E-state index contributed by atoms with van der Waals surface area (Å²) in [5.41, 5.74) is 0.818. The number of halogens is 2. The summed E-state index contributed by atoms with van der Waals surface area (Å²) in [6.45, 7) is -0.146. The molecule has 5 nitrogen and oxygen atoms in total. The van der Waals surface area contributed by atoms with E-state index in [1.165, 1.54) is 30.2 Å². The quantitative estimate of drug-likeness (QED) is 0.589. The highest BCUT2D eigenvalue weighted by Gasteiger charge is 2.12. The van der Waals surface area contributed by atoms with Crippen molar-refractivity contribution in [3.8, 4) is 11.3 Å². The number of amides is 2. The molecule has 0 fully saturated rings. The molecule has 0 aliphatic rings. The molecule has 0 saturated carbocycles. The van der Waals surface area contributed by atoms with Gasteiger partial charge in [0.05, 0.1) is 22.8 Å². The largest absolute Gasteiger partial charge is 0.457 e. The van der Waals surface area contributed by atoms with Crippen molar-refractivity contribution in [2.24, 2.45) is 0 Å². The molecule has 1 N–H and O–H groups in total. The number of hydrogen-bond donors (Lipinski definition) is 1. The van der Waals surface area contributed by atoms with Gasteiger partial charge in [0.1, 0.15) is 17.3 Å². The molecule has 0 radical (unpaired) electrons. The van der Waals surface area contributed by atoms with Crippen LogP contribution in [0, 0.1) is 5.82 Å². The number of anilines is 1. The minimum atomic E-state index is -0.391. The lowest BCUT2D eigenvalue weighted by Crippen LogP contribution is -2.33. The minimum absolute atomic E-state index is 0.146. The van der Waals surface area contributed by atoms with Crippen molar-refractivity contribution in [2.75, 3.05) is 18.9 Å². The van der Waals surface area contributed by atoms with Gasteiger partial charge in [0, 0.05) is 13.1 Å². The number of furan rings is 1. The Hall–Kier alpha value is -3.38. The topological polar surface area (TPSA) is 62.6 Å². The summed E-state index contributed by atoms with van der Waals surface area (Å²) in [7, 11) is 1.51. The SMILES string of the molecule is CN(CC(=O)Nc1ccccc1Cl)C(=O)/C=C/c1ccc(-c2ccccc2F)o1. The summed E-state index contributed by atoms with van der Waals surface area (Å²) in [6, 6.07) is 16.4. The highest BCUT2D eigenvalue weighted by atomic mass is 35.5. The minimum Gasteiger partial charge on any atom is -0.457 e. The molecule has 0 spiro atoms. The van der Waals surface area contributed by atoms with E-state index in [-0.39, 0.29) is 18.4 Å². The summed E-state index contributed by atoms with van der Waals surface area (Å²) < 4.78 is 19.4. The molecule has 7 heteroatoms. The summed E-state index contributed by atoms with van der Waals surface area (Å²) in [5.74, 6) is -0.392. The van der Waals surface area contributed by atoms with E-state index in [2.05, 4.69) is 5.32 Å². The second kappa shape index (κ2) is 9.21. The Balaban J connectivity index is 1.58. The molecule has 2 amide bonds. The smallest absolute Gasteiger partial charge is 0.246 e. The van der Waals surface area contributed by atoms with Crippen molar-refractivity contribution in [3.05, 3.63) is 83.3 Å². The lowest BCUT2D eigenvalue weighted by molar-refractivity contribution is -0.129. The number of hydrogen-bond acceptors (Lipinski definition) is 3. The molecule has 0 aliphatic heterocycles. The number of rotatable bonds is 6. The Labute approximate surface area is 172 Å². The van der Waals surface area contributed by atoms with Gasteiger partial charge in [-0.15, -0.1) is 0 Å². The van der Waals surface area contributed by atoms with Gasteiger partial charge in [-0.25, -0.2) is 4.39 Å². The first kappa shape index (κ1) is 20.4. The van der Waals surface area contributed by atoms with Gasteiger partial charge in [-0.2, -0.15) is 0 Å². The molecule has 0 unspecified atom stereocenters. The second-order valence-electron chi connectivity index (χ2n) is 6.24. The second-order valence-corrected chi connectivity index (χ2v) is 6.64. The van der Waals surface area contributed by atoms with E-state index in [0.717, 1.165) is 0 Å². The maximum absolute atomic E-state index is 13.8. The maximum atomic E-state index is 13.8. The first-order chi connectivity index (χ1) is 13.9. The molecule has 148 valence electrons. The van der Waals surface area contributed by atoms with E-state index in [0.29, 0.717) is 27.8 Å². The van der Waals surface area contributed by atoms with Crippen molar-refractivity contribution in [3.63, 3.8) is 0 Å². The number of nitrogens with one attached hydrogen (secondary N) is 1. The van der Waals surface area contributed by atoms with Crippen molar-refractivity contribution < 1.29 is 18.4 Å². The number of carbonyl (C=O) groups excluding carboxylic acids is 2. The van der Waals surface area contributed by atoms with Crippen LogP contribution >= 0.6 is 11.6 Å². The van der Waals surface area contributed by atoms with Crippen LogP contribution in [-0.2, 0) is 9.59 Å². The van der Waals surface area contributed by atoms with Crippen LogP contribution in [0.25, 0.3) is 17.4 Å². The van der Waals surface area contributed by atoms with Gasteiger partial charge < -0.3 is 14.6 Å². The molecule has 3 rings (SSSR count). The summed E-state index contributed by atoms with van der Waals surface area (Å²) in [6.07, 6.45) is 2.75. The van der Waals surface area contributed by atoms with Gasteiger partial charge in [-0.1, -0.05) is 35.9 Å². The van der Waals surface area contributed by atoms with Crippen LogP contribution in [0.5, 0.6) is 0 Å². The summed E-state index contributed by atoms with van der Waals surface area (Å²) >= 11 is 6.00. The third kappa shape index (κ3) is 5.33. The third-order valence-corrected chi connectivity index (χ3v) is 4.39. The van der Waals surface area contributed by atoms with Crippen molar-refractivity contribution in [1.82, 2.24) is 4.90 Å². The Morgan fingerprint density at radius 1 is 1.10 bits per heavy atom. The van der Waals surface area contributed by atoms with E-state index in [4.69, 9.17) is 16.0 Å². The molecule has 3 aromatic rings. The average Bonchev–Trinajstić information content (AvgIpc) is 3.17. The Morgan fingerprint density at radius 3 is 2.59 bits per heavy atom. The van der Waals surface area contributed by atoms with Gasteiger partial charge >= 0.3 is 0 Å². The molecular weight excluding hydrogens is 395 g/mol. The van der Waals surface area contributed by atoms with E-state index in [1.54, 1.807) is 54.6 Å². The monoisotopic (exact) mass is 412 g/mol. The number of carbonyl (C=O) groups is 2. The molecule has 1 heterocycles. The normalized spacial score (nSPS) is 10.9. The zero-order chi connectivity index (χ0) is 20.8. The molecule has 0 atom stereocenters. The molecule has 29 heavy (non-hydrogen) atoms. The van der Waals surface area contributed by atoms with Crippen LogP contribution in [0.4, 0.5) is 10.1 Å².